The number of rotatable bonds is 19. The molecule has 0 amide bonds. The van der Waals surface area contributed by atoms with Gasteiger partial charge in [-0.05, 0) is 32.1 Å². The predicted octanol–water partition coefficient (Wildman–Crippen LogP) is 6.81. The zero-order valence-corrected chi connectivity index (χ0v) is 17.0. The van der Waals surface area contributed by atoms with E-state index < -0.39 is 5.97 Å². The molecule has 3 heteroatoms. The second-order valence-electron chi connectivity index (χ2n) is 7.30. The Kier molecular flexibility index (Phi) is 19.4. The zero-order valence-electron chi connectivity index (χ0n) is 17.0. The largest absolute Gasteiger partial charge is 0.481 e. The number of carboxylic acids is 1. The van der Waals surface area contributed by atoms with Gasteiger partial charge in [0.25, 0.3) is 0 Å². The van der Waals surface area contributed by atoms with Crippen LogP contribution >= 0.6 is 0 Å². The SMILES string of the molecule is CCC=CCC=CCC(O)CCCCCCCCCCCCCC(=O)O. The second kappa shape index (κ2) is 20.2. The van der Waals surface area contributed by atoms with E-state index in [1.54, 1.807) is 0 Å². The Labute approximate surface area is 161 Å². The van der Waals surface area contributed by atoms with Crippen LogP contribution in [0.5, 0.6) is 0 Å². The Hall–Kier alpha value is -1.09. The lowest BCUT2D eigenvalue weighted by atomic mass is 10.0. The first-order chi connectivity index (χ1) is 12.7. The molecule has 3 nitrogen and oxygen atoms in total. The topological polar surface area (TPSA) is 57.5 Å². The van der Waals surface area contributed by atoms with E-state index in [0.717, 1.165) is 44.9 Å². The molecule has 0 fully saturated rings. The second-order valence-corrected chi connectivity index (χ2v) is 7.30. The number of carbonyl (C=O) groups is 1. The normalized spacial score (nSPS) is 13.0. The van der Waals surface area contributed by atoms with Gasteiger partial charge in [0, 0.05) is 6.42 Å². The summed E-state index contributed by atoms with van der Waals surface area (Å²) in [5, 5.41) is 18.5. The molecular weight excluding hydrogens is 324 g/mol. The van der Waals surface area contributed by atoms with Crippen LogP contribution in [0.2, 0.25) is 0 Å². The fourth-order valence-electron chi connectivity index (χ4n) is 3.06. The molecular formula is C23H42O3. The van der Waals surface area contributed by atoms with Crippen LogP contribution in [0.3, 0.4) is 0 Å². The Morgan fingerprint density at radius 2 is 1.27 bits per heavy atom. The Bertz CT molecular complexity index is 360. The molecule has 0 aromatic heterocycles. The number of allylic oxidation sites excluding steroid dienone is 3. The molecule has 2 N–H and O–H groups in total. The average molecular weight is 367 g/mol. The van der Waals surface area contributed by atoms with Crippen molar-refractivity contribution >= 4 is 5.97 Å². The first-order valence-electron chi connectivity index (χ1n) is 10.9. The van der Waals surface area contributed by atoms with Gasteiger partial charge in [0.05, 0.1) is 6.10 Å². The fourth-order valence-corrected chi connectivity index (χ4v) is 3.06. The monoisotopic (exact) mass is 366 g/mol. The smallest absolute Gasteiger partial charge is 0.303 e. The van der Waals surface area contributed by atoms with Gasteiger partial charge in [0.15, 0.2) is 0 Å². The van der Waals surface area contributed by atoms with E-state index in [-0.39, 0.29) is 6.10 Å². The Balaban J connectivity index is 3.23. The number of aliphatic hydroxyl groups excluding tert-OH is 1. The lowest BCUT2D eigenvalue weighted by molar-refractivity contribution is -0.137. The summed E-state index contributed by atoms with van der Waals surface area (Å²) < 4.78 is 0. The molecule has 0 aromatic rings. The number of aliphatic carboxylic acids is 1. The fraction of sp³-hybridized carbons (Fsp3) is 0.783. The first-order valence-corrected chi connectivity index (χ1v) is 10.9. The third kappa shape index (κ3) is 21.0. The van der Waals surface area contributed by atoms with Crippen LogP contribution in [0, 0.1) is 0 Å². The van der Waals surface area contributed by atoms with Crippen molar-refractivity contribution in [3.8, 4) is 0 Å². The molecule has 0 aliphatic heterocycles. The van der Waals surface area contributed by atoms with E-state index in [0.29, 0.717) is 6.42 Å². The summed E-state index contributed by atoms with van der Waals surface area (Å²) >= 11 is 0. The van der Waals surface area contributed by atoms with Gasteiger partial charge in [-0.3, -0.25) is 4.79 Å². The summed E-state index contributed by atoms with van der Waals surface area (Å²) in [6.07, 6.45) is 25.6. The molecule has 0 heterocycles. The van der Waals surface area contributed by atoms with Gasteiger partial charge in [0.1, 0.15) is 0 Å². The average Bonchev–Trinajstić information content (AvgIpc) is 2.61. The van der Waals surface area contributed by atoms with Crippen molar-refractivity contribution in [2.24, 2.45) is 0 Å². The van der Waals surface area contributed by atoms with Crippen molar-refractivity contribution < 1.29 is 15.0 Å². The van der Waals surface area contributed by atoms with Gasteiger partial charge in [-0.1, -0.05) is 95.4 Å². The molecule has 0 radical (unpaired) electrons. The molecule has 26 heavy (non-hydrogen) atoms. The van der Waals surface area contributed by atoms with Crippen molar-refractivity contribution in [1.29, 1.82) is 0 Å². The van der Waals surface area contributed by atoms with Crippen LogP contribution < -0.4 is 0 Å². The summed E-state index contributed by atoms with van der Waals surface area (Å²) in [6.45, 7) is 2.14. The zero-order chi connectivity index (χ0) is 19.3. The van der Waals surface area contributed by atoms with Gasteiger partial charge >= 0.3 is 5.97 Å². The third-order valence-electron chi connectivity index (χ3n) is 4.68. The minimum absolute atomic E-state index is 0.178. The summed E-state index contributed by atoms with van der Waals surface area (Å²) in [5.41, 5.74) is 0. The molecule has 0 saturated carbocycles. The first kappa shape index (κ1) is 24.9. The Morgan fingerprint density at radius 1 is 0.769 bits per heavy atom. The van der Waals surface area contributed by atoms with Crippen LogP contribution in [0.15, 0.2) is 24.3 Å². The summed E-state index contributed by atoms with van der Waals surface area (Å²) in [7, 11) is 0. The van der Waals surface area contributed by atoms with Crippen LogP contribution in [0.4, 0.5) is 0 Å². The molecule has 0 spiro atoms. The van der Waals surface area contributed by atoms with E-state index in [4.69, 9.17) is 5.11 Å². The van der Waals surface area contributed by atoms with Gasteiger partial charge in [0.2, 0.25) is 0 Å². The predicted molar refractivity (Wildman–Crippen MR) is 111 cm³/mol. The molecule has 0 aliphatic rings. The van der Waals surface area contributed by atoms with E-state index in [1.165, 1.54) is 51.4 Å². The number of carboxylic acid groups (broad SMARTS) is 1. The van der Waals surface area contributed by atoms with Crippen molar-refractivity contribution in [2.75, 3.05) is 0 Å². The maximum Gasteiger partial charge on any atom is 0.303 e. The van der Waals surface area contributed by atoms with Gasteiger partial charge in [-0.15, -0.1) is 0 Å². The Morgan fingerprint density at radius 3 is 1.81 bits per heavy atom. The summed E-state index contributed by atoms with van der Waals surface area (Å²) in [5.74, 6) is -0.672. The molecule has 0 bridgehead atoms. The quantitative estimate of drug-likeness (QED) is 0.195. The van der Waals surface area contributed by atoms with Crippen molar-refractivity contribution in [2.45, 2.75) is 116 Å². The summed E-state index contributed by atoms with van der Waals surface area (Å²) in [6, 6.07) is 0. The minimum atomic E-state index is -0.672. The molecule has 0 aliphatic carbocycles. The number of unbranched alkanes of at least 4 members (excludes halogenated alkanes) is 10. The molecule has 0 saturated heterocycles. The number of aliphatic hydroxyl groups is 1. The maximum absolute atomic E-state index is 10.4. The van der Waals surface area contributed by atoms with E-state index in [9.17, 15) is 9.90 Å². The molecule has 0 rings (SSSR count). The maximum atomic E-state index is 10.4. The number of hydrogen-bond acceptors (Lipinski definition) is 2. The molecule has 1 unspecified atom stereocenters. The number of hydrogen-bond donors (Lipinski definition) is 2. The van der Waals surface area contributed by atoms with Crippen LogP contribution in [-0.2, 0) is 4.79 Å². The third-order valence-corrected chi connectivity index (χ3v) is 4.68. The highest BCUT2D eigenvalue weighted by Gasteiger charge is 2.01. The van der Waals surface area contributed by atoms with Crippen LogP contribution in [-0.4, -0.2) is 22.3 Å². The lowest BCUT2D eigenvalue weighted by Gasteiger charge is -2.07. The van der Waals surface area contributed by atoms with Gasteiger partial charge in [-0.25, -0.2) is 0 Å². The summed E-state index contributed by atoms with van der Waals surface area (Å²) in [4.78, 5) is 10.4. The minimum Gasteiger partial charge on any atom is -0.481 e. The van der Waals surface area contributed by atoms with Crippen molar-refractivity contribution in [3.63, 3.8) is 0 Å². The standard InChI is InChI=1S/C23H42O3/c1-2-3-4-5-13-16-19-22(24)20-17-14-11-9-7-6-8-10-12-15-18-21-23(25)26/h3-4,13,16,22,24H,2,5-12,14-15,17-21H2,1H3,(H,25,26). The molecule has 0 aromatic carbocycles. The van der Waals surface area contributed by atoms with Gasteiger partial charge in [-0.2, -0.15) is 0 Å². The van der Waals surface area contributed by atoms with E-state index in [1.807, 2.05) is 0 Å². The highest BCUT2D eigenvalue weighted by Crippen LogP contribution is 2.13. The highest BCUT2D eigenvalue weighted by molar-refractivity contribution is 5.66. The van der Waals surface area contributed by atoms with Crippen molar-refractivity contribution in [1.82, 2.24) is 0 Å². The van der Waals surface area contributed by atoms with Gasteiger partial charge < -0.3 is 10.2 Å². The van der Waals surface area contributed by atoms with Crippen LogP contribution in [0.1, 0.15) is 110 Å². The molecule has 152 valence electrons. The van der Waals surface area contributed by atoms with Crippen molar-refractivity contribution in [3.05, 3.63) is 24.3 Å². The van der Waals surface area contributed by atoms with E-state index >= 15 is 0 Å². The molecule has 1 atom stereocenters. The lowest BCUT2D eigenvalue weighted by Crippen LogP contribution is -2.04. The van der Waals surface area contributed by atoms with E-state index in [2.05, 4.69) is 31.2 Å². The van der Waals surface area contributed by atoms with Crippen LogP contribution in [0.25, 0.3) is 0 Å². The highest BCUT2D eigenvalue weighted by atomic mass is 16.4.